The molecular formula is C19H36O5. The third-order valence-electron chi connectivity index (χ3n) is 5.42. The summed E-state index contributed by atoms with van der Waals surface area (Å²) in [6.45, 7) is 16.8. The molecule has 0 bridgehead atoms. The molecule has 0 saturated heterocycles. The van der Waals surface area contributed by atoms with Crippen LogP contribution in [0.4, 0.5) is 4.79 Å². The van der Waals surface area contributed by atoms with Crippen LogP contribution >= 0.6 is 0 Å². The van der Waals surface area contributed by atoms with Gasteiger partial charge in [0, 0.05) is 0 Å². The van der Waals surface area contributed by atoms with Crippen LogP contribution in [0.3, 0.4) is 0 Å². The highest BCUT2D eigenvalue weighted by molar-refractivity contribution is 5.77. The van der Waals surface area contributed by atoms with Crippen molar-refractivity contribution in [1.82, 2.24) is 0 Å². The Kier molecular flexibility index (Phi) is 8.80. The van der Waals surface area contributed by atoms with Crippen molar-refractivity contribution >= 4 is 12.1 Å². The van der Waals surface area contributed by atoms with Crippen LogP contribution in [0, 0.1) is 16.2 Å². The highest BCUT2D eigenvalue weighted by atomic mass is 16.7. The SMILES string of the molecule is CCOC(=O)OCCOC(=O)C(C)(CC(C)(C)CC)C(C)(C)CC. The molecule has 0 aliphatic heterocycles. The van der Waals surface area contributed by atoms with Gasteiger partial charge < -0.3 is 14.2 Å². The van der Waals surface area contributed by atoms with E-state index in [2.05, 4.69) is 46.3 Å². The Morgan fingerprint density at radius 3 is 1.79 bits per heavy atom. The molecule has 0 aromatic rings. The van der Waals surface area contributed by atoms with Crippen LogP contribution in [0.1, 0.15) is 74.7 Å². The Bertz CT molecular complexity index is 414. The third-order valence-corrected chi connectivity index (χ3v) is 5.42. The second-order valence-corrected chi connectivity index (χ2v) is 7.93. The van der Waals surface area contributed by atoms with Crippen molar-refractivity contribution in [2.45, 2.75) is 74.7 Å². The Balaban J connectivity index is 4.92. The number of hydrogen-bond donors (Lipinski definition) is 0. The minimum Gasteiger partial charge on any atom is -0.462 e. The van der Waals surface area contributed by atoms with Gasteiger partial charge in [-0.3, -0.25) is 4.79 Å². The summed E-state index contributed by atoms with van der Waals surface area (Å²) >= 11 is 0. The maximum atomic E-state index is 12.8. The van der Waals surface area contributed by atoms with Gasteiger partial charge in [-0.05, 0) is 37.5 Å². The highest BCUT2D eigenvalue weighted by Crippen LogP contribution is 2.50. The lowest BCUT2D eigenvalue weighted by Crippen LogP contribution is -2.46. The van der Waals surface area contributed by atoms with Crippen molar-refractivity contribution in [3.05, 3.63) is 0 Å². The normalized spacial score (nSPS) is 14.7. The molecule has 0 aliphatic carbocycles. The molecule has 1 atom stereocenters. The van der Waals surface area contributed by atoms with E-state index in [0.29, 0.717) is 0 Å². The lowest BCUT2D eigenvalue weighted by Gasteiger charge is -2.45. The van der Waals surface area contributed by atoms with Crippen LogP contribution in [0.5, 0.6) is 0 Å². The van der Waals surface area contributed by atoms with E-state index in [1.54, 1.807) is 6.92 Å². The summed E-state index contributed by atoms with van der Waals surface area (Å²) in [6.07, 6.45) is 1.87. The van der Waals surface area contributed by atoms with Gasteiger partial charge in [-0.2, -0.15) is 0 Å². The third kappa shape index (κ3) is 6.33. The fraction of sp³-hybridized carbons (Fsp3) is 0.895. The van der Waals surface area contributed by atoms with Gasteiger partial charge in [0.2, 0.25) is 0 Å². The van der Waals surface area contributed by atoms with E-state index in [1.165, 1.54) is 0 Å². The number of ether oxygens (including phenoxy) is 3. The maximum absolute atomic E-state index is 12.8. The van der Waals surface area contributed by atoms with Crippen LogP contribution in [-0.4, -0.2) is 31.9 Å². The highest BCUT2D eigenvalue weighted by Gasteiger charge is 2.49. The molecule has 0 fully saturated rings. The average molecular weight is 344 g/mol. The molecule has 24 heavy (non-hydrogen) atoms. The Labute approximate surface area is 147 Å². The fourth-order valence-electron chi connectivity index (χ4n) is 2.64. The van der Waals surface area contributed by atoms with Gasteiger partial charge in [-0.25, -0.2) is 4.79 Å². The molecule has 5 heteroatoms. The van der Waals surface area contributed by atoms with Gasteiger partial charge in [0.15, 0.2) is 0 Å². The minimum absolute atomic E-state index is 0.00434. The summed E-state index contributed by atoms with van der Waals surface area (Å²) < 4.78 is 15.0. The van der Waals surface area contributed by atoms with E-state index in [0.717, 1.165) is 19.3 Å². The lowest BCUT2D eigenvalue weighted by molar-refractivity contribution is -0.167. The topological polar surface area (TPSA) is 61.8 Å². The first-order valence-corrected chi connectivity index (χ1v) is 8.92. The van der Waals surface area contributed by atoms with Gasteiger partial charge in [0.25, 0.3) is 0 Å². The van der Waals surface area contributed by atoms with Crippen molar-refractivity contribution in [3.63, 3.8) is 0 Å². The van der Waals surface area contributed by atoms with Gasteiger partial charge in [-0.1, -0.05) is 48.0 Å². The number of carbonyl (C=O) groups is 2. The maximum Gasteiger partial charge on any atom is 0.508 e. The largest absolute Gasteiger partial charge is 0.508 e. The zero-order valence-electron chi connectivity index (χ0n) is 16.8. The molecule has 0 rings (SSSR count). The predicted molar refractivity (Wildman–Crippen MR) is 94.8 cm³/mol. The van der Waals surface area contributed by atoms with E-state index < -0.39 is 11.6 Å². The van der Waals surface area contributed by atoms with Crippen molar-refractivity contribution in [2.24, 2.45) is 16.2 Å². The molecular weight excluding hydrogens is 308 g/mol. The van der Waals surface area contributed by atoms with Crippen molar-refractivity contribution < 1.29 is 23.8 Å². The van der Waals surface area contributed by atoms with Gasteiger partial charge in [0.05, 0.1) is 12.0 Å². The second-order valence-electron chi connectivity index (χ2n) is 7.93. The van der Waals surface area contributed by atoms with E-state index in [-0.39, 0.29) is 36.6 Å². The Morgan fingerprint density at radius 1 is 0.792 bits per heavy atom. The number of rotatable bonds is 10. The van der Waals surface area contributed by atoms with Gasteiger partial charge in [-0.15, -0.1) is 0 Å². The van der Waals surface area contributed by atoms with E-state index >= 15 is 0 Å². The molecule has 0 aliphatic rings. The summed E-state index contributed by atoms with van der Waals surface area (Å²) in [7, 11) is 0. The Morgan fingerprint density at radius 2 is 1.33 bits per heavy atom. The second kappa shape index (κ2) is 9.28. The molecule has 0 radical (unpaired) electrons. The van der Waals surface area contributed by atoms with Crippen molar-refractivity contribution in [1.29, 1.82) is 0 Å². The molecule has 1 unspecified atom stereocenters. The number of esters is 1. The van der Waals surface area contributed by atoms with E-state index in [4.69, 9.17) is 9.47 Å². The minimum atomic E-state index is -0.739. The Hall–Kier alpha value is -1.26. The standard InChI is InChI=1S/C19H36O5/c1-9-17(4,5)14-19(8,18(6,7)10-2)15(20)23-12-13-24-16(21)22-11-3/h9-14H2,1-8H3. The number of hydrogen-bond acceptors (Lipinski definition) is 5. The molecule has 142 valence electrons. The van der Waals surface area contributed by atoms with Crippen LogP contribution in [0.15, 0.2) is 0 Å². The summed E-state index contributed by atoms with van der Waals surface area (Å²) in [5, 5.41) is 0. The molecule has 0 amide bonds. The molecule has 0 aromatic carbocycles. The first-order valence-electron chi connectivity index (χ1n) is 8.92. The molecule has 0 spiro atoms. The van der Waals surface area contributed by atoms with Crippen LogP contribution in [-0.2, 0) is 19.0 Å². The zero-order chi connectivity index (χ0) is 19.0. The monoisotopic (exact) mass is 344 g/mol. The first-order chi connectivity index (χ1) is 11.0. The predicted octanol–water partition coefficient (Wildman–Crippen LogP) is 4.97. The van der Waals surface area contributed by atoms with Crippen LogP contribution in [0.25, 0.3) is 0 Å². The summed E-state index contributed by atoms with van der Waals surface area (Å²) in [5.41, 5.74) is -0.759. The van der Waals surface area contributed by atoms with Crippen molar-refractivity contribution in [2.75, 3.05) is 19.8 Å². The quantitative estimate of drug-likeness (QED) is 0.413. The van der Waals surface area contributed by atoms with E-state index in [1.807, 2.05) is 6.92 Å². The van der Waals surface area contributed by atoms with Gasteiger partial charge in [0.1, 0.15) is 13.2 Å². The number of carbonyl (C=O) groups excluding carboxylic acids is 2. The summed E-state index contributed by atoms with van der Waals surface area (Å²) in [6, 6.07) is 0. The van der Waals surface area contributed by atoms with E-state index in [9.17, 15) is 9.59 Å². The van der Waals surface area contributed by atoms with Gasteiger partial charge >= 0.3 is 12.1 Å². The molecule has 0 heterocycles. The average Bonchev–Trinajstić information content (AvgIpc) is 2.50. The molecule has 0 saturated carbocycles. The van der Waals surface area contributed by atoms with Crippen LogP contribution < -0.4 is 0 Å². The lowest BCUT2D eigenvalue weighted by atomic mass is 9.58. The zero-order valence-corrected chi connectivity index (χ0v) is 16.8. The molecule has 0 aromatic heterocycles. The van der Waals surface area contributed by atoms with Crippen LogP contribution in [0.2, 0.25) is 0 Å². The first kappa shape index (κ1) is 22.7. The van der Waals surface area contributed by atoms with Crippen molar-refractivity contribution in [3.8, 4) is 0 Å². The molecule has 5 nitrogen and oxygen atoms in total. The smallest absolute Gasteiger partial charge is 0.462 e. The fourth-order valence-corrected chi connectivity index (χ4v) is 2.64. The summed E-state index contributed by atoms with van der Waals surface area (Å²) in [5.74, 6) is -0.233. The summed E-state index contributed by atoms with van der Waals surface area (Å²) in [4.78, 5) is 24.0. The molecule has 0 N–H and O–H groups in total.